The van der Waals surface area contributed by atoms with Gasteiger partial charge in [0.2, 0.25) is 0 Å². The van der Waals surface area contributed by atoms with E-state index in [9.17, 15) is 4.79 Å². The second kappa shape index (κ2) is 7.63. The van der Waals surface area contributed by atoms with Crippen molar-refractivity contribution in [1.29, 1.82) is 0 Å². The first-order chi connectivity index (χ1) is 13.6. The van der Waals surface area contributed by atoms with Crippen LogP contribution >= 0.6 is 0 Å². The summed E-state index contributed by atoms with van der Waals surface area (Å²) in [6, 6.07) is 16.4. The van der Waals surface area contributed by atoms with Gasteiger partial charge in [-0.1, -0.05) is 36.8 Å². The quantitative estimate of drug-likeness (QED) is 0.604. The minimum Gasteiger partial charge on any atom is -0.310 e. The van der Waals surface area contributed by atoms with Crippen LogP contribution in [0.1, 0.15) is 52.1 Å². The van der Waals surface area contributed by atoms with Crippen molar-refractivity contribution < 1.29 is 4.79 Å². The van der Waals surface area contributed by atoms with Gasteiger partial charge in [-0.2, -0.15) is 5.10 Å². The van der Waals surface area contributed by atoms with Crippen LogP contribution in [-0.4, -0.2) is 22.7 Å². The van der Waals surface area contributed by atoms with E-state index in [0.717, 1.165) is 53.7 Å². The Hall–Kier alpha value is -2.88. The third-order valence-corrected chi connectivity index (χ3v) is 5.66. The highest BCUT2D eigenvalue weighted by atomic mass is 16.2. The van der Waals surface area contributed by atoms with Crippen molar-refractivity contribution in [2.75, 3.05) is 11.9 Å². The molecule has 3 aromatic rings. The molecule has 4 nitrogen and oxygen atoms in total. The number of anilines is 1. The molecule has 1 aliphatic carbocycles. The third-order valence-electron chi connectivity index (χ3n) is 5.66. The van der Waals surface area contributed by atoms with E-state index in [1.54, 1.807) is 4.90 Å². The highest BCUT2D eigenvalue weighted by Gasteiger charge is 2.27. The van der Waals surface area contributed by atoms with Crippen LogP contribution in [0.2, 0.25) is 0 Å². The monoisotopic (exact) mass is 373 g/mol. The smallest absolute Gasteiger partial charge is 0.278 e. The molecule has 4 rings (SSSR count). The van der Waals surface area contributed by atoms with Crippen molar-refractivity contribution in [1.82, 2.24) is 9.78 Å². The Morgan fingerprint density at radius 1 is 1.00 bits per heavy atom. The highest BCUT2D eigenvalue weighted by Crippen LogP contribution is 2.29. The average molecular weight is 374 g/mol. The standard InChI is InChI=1S/C24H27N3O/c1-17-14-15-18(2)22(16-17)26(3)24(28)23-20-12-8-5-9-13-21(20)27(25-23)19-10-6-4-7-11-19/h4,6-7,10-11,14-16H,5,8-9,12-13H2,1-3H3. The lowest BCUT2D eigenvalue weighted by molar-refractivity contribution is 0.0987. The molecular formula is C24H27N3O. The minimum absolute atomic E-state index is 0.0264. The van der Waals surface area contributed by atoms with Gasteiger partial charge in [-0.15, -0.1) is 0 Å². The van der Waals surface area contributed by atoms with E-state index in [2.05, 4.69) is 37.3 Å². The van der Waals surface area contributed by atoms with Gasteiger partial charge in [-0.25, -0.2) is 4.68 Å². The third kappa shape index (κ3) is 3.35. The summed E-state index contributed by atoms with van der Waals surface area (Å²) in [5.74, 6) is -0.0264. The van der Waals surface area contributed by atoms with Gasteiger partial charge in [0.15, 0.2) is 5.69 Å². The SMILES string of the molecule is Cc1ccc(C)c(N(C)C(=O)c2nn(-c3ccccc3)c3c2CCCCC3)c1. The summed E-state index contributed by atoms with van der Waals surface area (Å²) in [6.45, 7) is 4.10. The lowest BCUT2D eigenvalue weighted by atomic mass is 10.1. The molecule has 0 saturated carbocycles. The molecule has 0 bridgehead atoms. The first-order valence-corrected chi connectivity index (χ1v) is 10.1. The fourth-order valence-electron chi connectivity index (χ4n) is 4.08. The van der Waals surface area contributed by atoms with Crippen molar-refractivity contribution in [2.24, 2.45) is 0 Å². The number of para-hydroxylation sites is 1. The lowest BCUT2D eigenvalue weighted by Crippen LogP contribution is -2.28. The number of hydrogen-bond donors (Lipinski definition) is 0. The van der Waals surface area contributed by atoms with Gasteiger partial charge in [0.05, 0.1) is 5.69 Å². The van der Waals surface area contributed by atoms with Crippen LogP contribution in [0.4, 0.5) is 5.69 Å². The van der Waals surface area contributed by atoms with E-state index in [1.807, 2.05) is 36.9 Å². The average Bonchev–Trinajstić information content (AvgIpc) is 2.90. The lowest BCUT2D eigenvalue weighted by Gasteiger charge is -2.20. The fourth-order valence-corrected chi connectivity index (χ4v) is 4.08. The predicted octanol–water partition coefficient (Wildman–Crippen LogP) is 5.03. The molecular weight excluding hydrogens is 346 g/mol. The van der Waals surface area contributed by atoms with Gasteiger partial charge < -0.3 is 4.90 Å². The number of hydrogen-bond acceptors (Lipinski definition) is 2. The number of carbonyl (C=O) groups excluding carboxylic acids is 1. The topological polar surface area (TPSA) is 38.1 Å². The molecule has 0 N–H and O–H groups in total. The molecule has 0 aliphatic heterocycles. The number of carbonyl (C=O) groups is 1. The van der Waals surface area contributed by atoms with E-state index in [0.29, 0.717) is 5.69 Å². The molecule has 28 heavy (non-hydrogen) atoms. The van der Waals surface area contributed by atoms with Crippen LogP contribution in [0.5, 0.6) is 0 Å². The van der Waals surface area contributed by atoms with Crippen molar-refractivity contribution >= 4 is 11.6 Å². The Labute approximate surface area is 166 Å². The zero-order valence-electron chi connectivity index (χ0n) is 16.9. The number of benzene rings is 2. The van der Waals surface area contributed by atoms with Crippen molar-refractivity contribution in [3.05, 3.63) is 76.6 Å². The molecule has 1 heterocycles. The zero-order valence-corrected chi connectivity index (χ0v) is 16.9. The predicted molar refractivity (Wildman–Crippen MR) is 113 cm³/mol. The van der Waals surface area contributed by atoms with E-state index in [-0.39, 0.29) is 5.91 Å². The van der Waals surface area contributed by atoms with E-state index >= 15 is 0 Å². The molecule has 0 fully saturated rings. The van der Waals surface area contributed by atoms with Gasteiger partial charge in [0.25, 0.3) is 5.91 Å². The van der Waals surface area contributed by atoms with Crippen molar-refractivity contribution in [3.63, 3.8) is 0 Å². The van der Waals surface area contributed by atoms with E-state index < -0.39 is 0 Å². The molecule has 0 radical (unpaired) electrons. The van der Waals surface area contributed by atoms with Crippen LogP contribution in [-0.2, 0) is 12.8 Å². The summed E-state index contributed by atoms with van der Waals surface area (Å²) in [7, 11) is 1.86. The molecule has 144 valence electrons. The molecule has 4 heteroatoms. The minimum atomic E-state index is -0.0264. The largest absolute Gasteiger partial charge is 0.310 e. The van der Waals surface area contributed by atoms with Crippen LogP contribution in [0.15, 0.2) is 48.5 Å². The Morgan fingerprint density at radius 3 is 2.54 bits per heavy atom. The van der Waals surface area contributed by atoms with Crippen LogP contribution in [0, 0.1) is 13.8 Å². The summed E-state index contributed by atoms with van der Waals surface area (Å²) in [6.07, 6.45) is 5.35. The molecule has 0 spiro atoms. The summed E-state index contributed by atoms with van der Waals surface area (Å²) in [5, 5.41) is 4.83. The maximum absolute atomic E-state index is 13.5. The summed E-state index contributed by atoms with van der Waals surface area (Å²) in [4.78, 5) is 15.2. The zero-order chi connectivity index (χ0) is 19.7. The Bertz CT molecular complexity index is 1000. The normalized spacial score (nSPS) is 13.7. The number of nitrogens with zero attached hydrogens (tertiary/aromatic N) is 3. The Kier molecular flexibility index (Phi) is 5.03. The van der Waals surface area contributed by atoms with Gasteiger partial charge in [-0.3, -0.25) is 4.79 Å². The number of amides is 1. The summed E-state index contributed by atoms with van der Waals surface area (Å²) in [5.41, 5.74) is 7.13. The Morgan fingerprint density at radius 2 is 1.75 bits per heavy atom. The molecule has 1 amide bonds. The van der Waals surface area contributed by atoms with Gasteiger partial charge in [0.1, 0.15) is 0 Å². The maximum Gasteiger partial charge on any atom is 0.278 e. The number of rotatable bonds is 3. The second-order valence-corrected chi connectivity index (χ2v) is 7.74. The molecule has 0 atom stereocenters. The van der Waals surface area contributed by atoms with Crippen LogP contribution in [0.3, 0.4) is 0 Å². The molecule has 1 aromatic heterocycles. The molecule has 0 saturated heterocycles. The van der Waals surface area contributed by atoms with Gasteiger partial charge >= 0.3 is 0 Å². The number of aromatic nitrogens is 2. The number of fused-ring (bicyclic) bond motifs is 1. The van der Waals surface area contributed by atoms with Crippen molar-refractivity contribution in [2.45, 2.75) is 46.0 Å². The second-order valence-electron chi connectivity index (χ2n) is 7.74. The Balaban J connectivity index is 1.80. The van der Waals surface area contributed by atoms with Crippen molar-refractivity contribution in [3.8, 4) is 5.69 Å². The summed E-state index contributed by atoms with van der Waals surface area (Å²) < 4.78 is 1.99. The van der Waals surface area contributed by atoms with Crippen LogP contribution < -0.4 is 4.90 Å². The molecule has 1 aliphatic rings. The molecule has 2 aromatic carbocycles. The first kappa shape index (κ1) is 18.5. The van der Waals surface area contributed by atoms with Gasteiger partial charge in [-0.05, 0) is 68.9 Å². The van der Waals surface area contributed by atoms with E-state index in [4.69, 9.17) is 5.10 Å². The first-order valence-electron chi connectivity index (χ1n) is 10.1. The van der Waals surface area contributed by atoms with Crippen LogP contribution in [0.25, 0.3) is 5.69 Å². The van der Waals surface area contributed by atoms with Gasteiger partial charge in [0, 0.05) is 24.0 Å². The highest BCUT2D eigenvalue weighted by molar-refractivity contribution is 6.06. The van der Waals surface area contributed by atoms with E-state index in [1.165, 1.54) is 12.1 Å². The fraction of sp³-hybridized carbons (Fsp3) is 0.333. The number of aryl methyl sites for hydroxylation is 2. The molecule has 0 unspecified atom stereocenters. The maximum atomic E-state index is 13.5. The summed E-state index contributed by atoms with van der Waals surface area (Å²) >= 11 is 0.